The maximum Gasteiger partial charge on any atom is 0.119 e. The van der Waals surface area contributed by atoms with E-state index in [9.17, 15) is 0 Å². The molecular formula is C16H26BrNO. The summed E-state index contributed by atoms with van der Waals surface area (Å²) in [5.41, 5.74) is 0.324. The van der Waals surface area contributed by atoms with Crippen LogP contribution < -0.4 is 10.1 Å². The monoisotopic (exact) mass is 327 g/mol. The zero-order valence-electron chi connectivity index (χ0n) is 12.3. The van der Waals surface area contributed by atoms with Gasteiger partial charge in [0.15, 0.2) is 0 Å². The van der Waals surface area contributed by atoms with Crippen LogP contribution in [0.15, 0.2) is 28.7 Å². The van der Waals surface area contributed by atoms with Gasteiger partial charge in [0.2, 0.25) is 0 Å². The Morgan fingerprint density at radius 2 is 1.89 bits per heavy atom. The summed E-state index contributed by atoms with van der Waals surface area (Å²) in [5.74, 6) is 0.947. The molecule has 0 saturated carbocycles. The van der Waals surface area contributed by atoms with E-state index in [2.05, 4.69) is 42.0 Å². The molecule has 0 bridgehead atoms. The summed E-state index contributed by atoms with van der Waals surface area (Å²) in [6, 6.07) is 8.03. The number of ether oxygens (including phenoxy) is 1. The number of nitrogens with one attached hydrogen (secondary N) is 1. The highest BCUT2D eigenvalue weighted by molar-refractivity contribution is 9.10. The van der Waals surface area contributed by atoms with Crippen molar-refractivity contribution in [1.29, 1.82) is 0 Å². The summed E-state index contributed by atoms with van der Waals surface area (Å²) in [6.07, 6.45) is 3.44. The quantitative estimate of drug-likeness (QED) is 0.667. The van der Waals surface area contributed by atoms with Gasteiger partial charge in [-0.15, -0.1) is 0 Å². The molecule has 0 heterocycles. The Labute approximate surface area is 126 Å². The van der Waals surface area contributed by atoms with Crippen molar-refractivity contribution < 1.29 is 4.74 Å². The Morgan fingerprint density at radius 1 is 1.21 bits per heavy atom. The molecule has 1 N–H and O–H groups in total. The fourth-order valence-electron chi connectivity index (χ4n) is 1.90. The Hall–Kier alpha value is -0.540. The molecule has 1 rings (SSSR count). The number of benzene rings is 1. The minimum absolute atomic E-state index is 0.324. The van der Waals surface area contributed by atoms with Crippen molar-refractivity contribution in [3.63, 3.8) is 0 Å². The number of halogens is 1. The van der Waals surface area contributed by atoms with Crippen molar-refractivity contribution in [2.24, 2.45) is 5.41 Å². The van der Waals surface area contributed by atoms with E-state index in [0.717, 1.165) is 36.3 Å². The first-order chi connectivity index (χ1) is 9.09. The molecule has 0 aliphatic heterocycles. The van der Waals surface area contributed by atoms with Crippen molar-refractivity contribution in [3.05, 3.63) is 28.7 Å². The Morgan fingerprint density at radius 3 is 2.47 bits per heavy atom. The average Bonchev–Trinajstić information content (AvgIpc) is 2.41. The van der Waals surface area contributed by atoms with E-state index < -0.39 is 0 Å². The zero-order valence-corrected chi connectivity index (χ0v) is 13.9. The molecule has 0 aliphatic carbocycles. The van der Waals surface area contributed by atoms with Crippen LogP contribution in [0.1, 0.15) is 40.0 Å². The highest BCUT2D eigenvalue weighted by Gasteiger charge is 2.21. The van der Waals surface area contributed by atoms with Crippen molar-refractivity contribution in [2.75, 3.05) is 19.7 Å². The van der Waals surface area contributed by atoms with Crippen LogP contribution in [-0.2, 0) is 0 Å². The molecule has 1 unspecified atom stereocenters. The summed E-state index contributed by atoms with van der Waals surface area (Å²) < 4.78 is 6.90. The van der Waals surface area contributed by atoms with Crippen LogP contribution in [0.4, 0.5) is 0 Å². The molecule has 3 heteroatoms. The Kier molecular flexibility index (Phi) is 7.47. The molecule has 1 aromatic carbocycles. The molecule has 108 valence electrons. The van der Waals surface area contributed by atoms with Gasteiger partial charge >= 0.3 is 0 Å². The summed E-state index contributed by atoms with van der Waals surface area (Å²) >= 11 is 3.43. The van der Waals surface area contributed by atoms with Crippen LogP contribution >= 0.6 is 15.9 Å². The molecule has 0 aromatic heterocycles. The van der Waals surface area contributed by atoms with Crippen LogP contribution in [0.2, 0.25) is 0 Å². The summed E-state index contributed by atoms with van der Waals surface area (Å²) in [7, 11) is 0. The second kappa shape index (κ2) is 8.60. The lowest BCUT2D eigenvalue weighted by molar-refractivity contribution is 0.200. The van der Waals surface area contributed by atoms with Gasteiger partial charge in [0.25, 0.3) is 0 Å². The summed E-state index contributed by atoms with van der Waals surface area (Å²) in [5, 5.41) is 3.52. The lowest BCUT2D eigenvalue weighted by atomic mass is 9.84. The summed E-state index contributed by atoms with van der Waals surface area (Å²) in [6.45, 7) is 9.74. The van der Waals surface area contributed by atoms with Gasteiger partial charge in [-0.2, -0.15) is 0 Å². The largest absolute Gasteiger partial charge is 0.494 e. The van der Waals surface area contributed by atoms with Gasteiger partial charge in [-0.25, -0.2) is 0 Å². The standard InChI is InChI=1S/C16H26BrNO/c1-4-11-18-13-16(3,5-2)10-12-19-15-8-6-14(17)7-9-15/h6-9,18H,4-5,10-13H2,1-3H3. The first kappa shape index (κ1) is 16.5. The van der Waals surface area contributed by atoms with E-state index in [-0.39, 0.29) is 0 Å². The van der Waals surface area contributed by atoms with Crippen molar-refractivity contribution >= 4 is 15.9 Å². The number of hydrogen-bond donors (Lipinski definition) is 1. The molecule has 19 heavy (non-hydrogen) atoms. The molecule has 2 nitrogen and oxygen atoms in total. The average molecular weight is 328 g/mol. The third-order valence-corrected chi connectivity index (χ3v) is 4.15. The Bertz CT molecular complexity index is 352. The van der Waals surface area contributed by atoms with Crippen LogP contribution in [0, 0.1) is 5.41 Å². The molecule has 0 amide bonds. The van der Waals surface area contributed by atoms with Gasteiger partial charge in [0, 0.05) is 11.0 Å². The van der Waals surface area contributed by atoms with Gasteiger partial charge in [0.1, 0.15) is 5.75 Å². The molecule has 1 atom stereocenters. The lowest BCUT2D eigenvalue weighted by Gasteiger charge is -2.28. The maximum absolute atomic E-state index is 5.82. The SMILES string of the molecule is CCCNCC(C)(CC)CCOc1ccc(Br)cc1. The molecule has 1 aromatic rings. The topological polar surface area (TPSA) is 21.3 Å². The Balaban J connectivity index is 2.34. The van der Waals surface area contributed by atoms with Crippen LogP contribution in [0.25, 0.3) is 0 Å². The van der Waals surface area contributed by atoms with E-state index in [0.29, 0.717) is 5.41 Å². The maximum atomic E-state index is 5.82. The predicted octanol–water partition coefficient (Wildman–Crippen LogP) is 4.63. The van der Waals surface area contributed by atoms with Gasteiger partial charge < -0.3 is 10.1 Å². The van der Waals surface area contributed by atoms with Gasteiger partial charge in [-0.05, 0) is 55.5 Å². The van der Waals surface area contributed by atoms with Gasteiger partial charge in [0.05, 0.1) is 6.61 Å². The lowest BCUT2D eigenvalue weighted by Crippen LogP contribution is -2.33. The van der Waals surface area contributed by atoms with E-state index in [1.165, 1.54) is 12.8 Å². The van der Waals surface area contributed by atoms with E-state index in [4.69, 9.17) is 4.74 Å². The smallest absolute Gasteiger partial charge is 0.119 e. The normalized spacial score (nSPS) is 14.1. The van der Waals surface area contributed by atoms with Crippen LogP contribution in [-0.4, -0.2) is 19.7 Å². The predicted molar refractivity (Wildman–Crippen MR) is 85.8 cm³/mol. The van der Waals surface area contributed by atoms with Gasteiger partial charge in [-0.1, -0.05) is 36.7 Å². The highest BCUT2D eigenvalue weighted by Crippen LogP contribution is 2.25. The second-order valence-electron chi connectivity index (χ2n) is 5.39. The minimum Gasteiger partial charge on any atom is -0.494 e. The van der Waals surface area contributed by atoms with E-state index in [1.54, 1.807) is 0 Å². The third-order valence-electron chi connectivity index (χ3n) is 3.62. The van der Waals surface area contributed by atoms with E-state index in [1.807, 2.05) is 24.3 Å². The van der Waals surface area contributed by atoms with Crippen molar-refractivity contribution in [2.45, 2.75) is 40.0 Å². The highest BCUT2D eigenvalue weighted by atomic mass is 79.9. The van der Waals surface area contributed by atoms with Gasteiger partial charge in [-0.3, -0.25) is 0 Å². The van der Waals surface area contributed by atoms with Crippen LogP contribution in [0.5, 0.6) is 5.75 Å². The molecule has 0 radical (unpaired) electrons. The molecule has 0 aliphatic rings. The fraction of sp³-hybridized carbons (Fsp3) is 0.625. The third kappa shape index (κ3) is 6.44. The minimum atomic E-state index is 0.324. The first-order valence-corrected chi connectivity index (χ1v) is 7.98. The van der Waals surface area contributed by atoms with Crippen molar-refractivity contribution in [1.82, 2.24) is 5.32 Å². The fourth-order valence-corrected chi connectivity index (χ4v) is 2.17. The second-order valence-corrected chi connectivity index (χ2v) is 6.31. The number of hydrogen-bond acceptors (Lipinski definition) is 2. The van der Waals surface area contributed by atoms with Crippen molar-refractivity contribution in [3.8, 4) is 5.75 Å². The molecule has 0 fully saturated rings. The summed E-state index contributed by atoms with van der Waals surface area (Å²) in [4.78, 5) is 0. The molecule has 0 saturated heterocycles. The molecular weight excluding hydrogens is 302 g/mol. The first-order valence-electron chi connectivity index (χ1n) is 7.19. The van der Waals surface area contributed by atoms with Crippen LogP contribution in [0.3, 0.4) is 0 Å². The number of rotatable bonds is 9. The zero-order chi connectivity index (χ0) is 14.1. The van der Waals surface area contributed by atoms with E-state index >= 15 is 0 Å². The molecule has 0 spiro atoms.